The van der Waals surface area contributed by atoms with Gasteiger partial charge in [-0.1, -0.05) is 29.8 Å². The molecule has 1 saturated heterocycles. The number of hydrogen-bond acceptors (Lipinski definition) is 6. The van der Waals surface area contributed by atoms with Gasteiger partial charge in [-0.2, -0.15) is 0 Å². The number of nitrogens with zero attached hydrogens (tertiary/aromatic N) is 3. The van der Waals surface area contributed by atoms with Crippen LogP contribution in [0.4, 0.5) is 5.95 Å². The second kappa shape index (κ2) is 9.92. The number of carbonyl (C=O) groups excluding carboxylic acids is 1. The van der Waals surface area contributed by atoms with E-state index in [9.17, 15) is 9.59 Å². The number of hydrogen-bond donors (Lipinski definition) is 1. The molecule has 2 aromatic carbocycles. The number of methoxy groups -OCH3 is 1. The van der Waals surface area contributed by atoms with E-state index in [0.29, 0.717) is 29.3 Å². The number of carbonyl (C=O) groups is 1. The topological polar surface area (TPSA) is 76.5 Å². The zero-order valence-electron chi connectivity index (χ0n) is 19.9. The van der Waals surface area contributed by atoms with Gasteiger partial charge in [0.2, 0.25) is 11.9 Å². The number of fused-ring (bicyclic) bond motifs is 1. The predicted molar refractivity (Wildman–Crippen MR) is 140 cm³/mol. The summed E-state index contributed by atoms with van der Waals surface area (Å²) in [4.78, 5) is 33.5. The number of piperidine rings is 1. The van der Waals surface area contributed by atoms with Crippen LogP contribution in [0, 0.1) is 12.8 Å². The standard InChI is InChI=1S/C27H28N4O3S/c1-18-8-10-21(11-9-18)31-26(33)24-23(12-14-35-24)29-27(31)30-13-4-6-20(17-30)25(32)28-16-19-5-3-7-22(15-19)34-2/h3,5,7-12,14-15,20H,4,6,13,16-17H2,1-2H3,(H,28,32)/t20-/m0/s1. The van der Waals surface area contributed by atoms with Gasteiger partial charge in [-0.05, 0) is 61.0 Å². The molecule has 0 spiro atoms. The Hall–Kier alpha value is -3.65. The second-order valence-electron chi connectivity index (χ2n) is 8.88. The molecule has 1 atom stereocenters. The summed E-state index contributed by atoms with van der Waals surface area (Å²) in [7, 11) is 1.63. The van der Waals surface area contributed by atoms with Gasteiger partial charge in [0.1, 0.15) is 10.4 Å². The number of aryl methyl sites for hydroxylation is 1. The number of rotatable bonds is 6. The maximum Gasteiger partial charge on any atom is 0.277 e. The molecule has 0 bridgehead atoms. The number of anilines is 1. The molecule has 0 aliphatic carbocycles. The lowest BCUT2D eigenvalue weighted by molar-refractivity contribution is -0.125. The summed E-state index contributed by atoms with van der Waals surface area (Å²) in [5.41, 5.74) is 3.52. The van der Waals surface area contributed by atoms with E-state index in [0.717, 1.165) is 42.0 Å². The van der Waals surface area contributed by atoms with Crippen LogP contribution in [0.15, 0.2) is 64.8 Å². The highest BCUT2D eigenvalue weighted by Crippen LogP contribution is 2.27. The molecule has 35 heavy (non-hydrogen) atoms. The van der Waals surface area contributed by atoms with Crippen molar-refractivity contribution in [2.24, 2.45) is 5.92 Å². The number of thiophene rings is 1. The van der Waals surface area contributed by atoms with Crippen molar-refractivity contribution in [1.29, 1.82) is 0 Å². The van der Waals surface area contributed by atoms with Gasteiger partial charge in [0, 0.05) is 19.6 Å². The fraction of sp³-hybridized carbons (Fsp3) is 0.296. The van der Waals surface area contributed by atoms with Crippen LogP contribution >= 0.6 is 11.3 Å². The first kappa shape index (κ1) is 23.1. The SMILES string of the molecule is COc1cccc(CNC(=O)[C@H]2CCCN(c3nc4ccsc4c(=O)n3-c3ccc(C)cc3)C2)c1. The van der Waals surface area contributed by atoms with E-state index in [1.807, 2.05) is 66.9 Å². The average Bonchev–Trinajstić information content (AvgIpc) is 3.37. The highest BCUT2D eigenvalue weighted by atomic mass is 32.1. The van der Waals surface area contributed by atoms with Crippen LogP contribution in [0.5, 0.6) is 5.75 Å². The third-order valence-corrected chi connectivity index (χ3v) is 7.32. The summed E-state index contributed by atoms with van der Waals surface area (Å²) in [5.74, 6) is 1.19. The van der Waals surface area contributed by atoms with E-state index in [4.69, 9.17) is 9.72 Å². The van der Waals surface area contributed by atoms with Crippen molar-refractivity contribution in [3.05, 3.63) is 81.5 Å². The van der Waals surface area contributed by atoms with Crippen molar-refractivity contribution in [2.75, 3.05) is 25.1 Å². The molecule has 1 aliphatic rings. The highest BCUT2D eigenvalue weighted by Gasteiger charge is 2.29. The Morgan fingerprint density at radius 1 is 1.20 bits per heavy atom. The van der Waals surface area contributed by atoms with E-state index in [1.165, 1.54) is 11.3 Å². The third kappa shape index (κ3) is 4.79. The van der Waals surface area contributed by atoms with E-state index in [1.54, 1.807) is 11.7 Å². The minimum atomic E-state index is -0.184. The molecule has 1 fully saturated rings. The Morgan fingerprint density at radius 3 is 2.83 bits per heavy atom. The Labute approximate surface area is 208 Å². The van der Waals surface area contributed by atoms with Gasteiger partial charge in [-0.3, -0.25) is 9.59 Å². The molecule has 0 saturated carbocycles. The monoisotopic (exact) mass is 488 g/mol. The highest BCUT2D eigenvalue weighted by molar-refractivity contribution is 7.17. The lowest BCUT2D eigenvalue weighted by Gasteiger charge is -2.34. The number of nitrogens with one attached hydrogen (secondary N) is 1. The molecule has 1 amide bonds. The van der Waals surface area contributed by atoms with E-state index in [2.05, 4.69) is 10.2 Å². The summed E-state index contributed by atoms with van der Waals surface area (Å²) < 4.78 is 7.60. The smallest absolute Gasteiger partial charge is 0.277 e. The maximum absolute atomic E-state index is 13.5. The fourth-order valence-corrected chi connectivity index (χ4v) is 5.29. The first-order valence-electron chi connectivity index (χ1n) is 11.8. The summed E-state index contributed by atoms with van der Waals surface area (Å²) in [6, 6.07) is 17.5. The van der Waals surface area contributed by atoms with Gasteiger partial charge in [-0.15, -0.1) is 11.3 Å². The number of ether oxygens (including phenoxy) is 1. The molecule has 4 aromatic rings. The molecule has 180 valence electrons. The summed E-state index contributed by atoms with van der Waals surface area (Å²) in [6.07, 6.45) is 1.65. The van der Waals surface area contributed by atoms with E-state index >= 15 is 0 Å². The number of aromatic nitrogens is 2. The minimum Gasteiger partial charge on any atom is -0.497 e. The van der Waals surface area contributed by atoms with Crippen LogP contribution in [0.25, 0.3) is 15.9 Å². The fourth-order valence-electron chi connectivity index (χ4n) is 4.53. The third-order valence-electron chi connectivity index (χ3n) is 6.43. The van der Waals surface area contributed by atoms with Crippen LogP contribution in [-0.2, 0) is 11.3 Å². The first-order valence-corrected chi connectivity index (χ1v) is 12.6. The van der Waals surface area contributed by atoms with Crippen LogP contribution < -0.4 is 20.5 Å². The Balaban J connectivity index is 1.40. The van der Waals surface area contributed by atoms with Crippen molar-refractivity contribution >= 4 is 33.4 Å². The molecule has 0 unspecified atom stereocenters. The quantitative estimate of drug-likeness (QED) is 0.438. The van der Waals surface area contributed by atoms with Gasteiger partial charge >= 0.3 is 0 Å². The van der Waals surface area contributed by atoms with Gasteiger partial charge < -0.3 is 15.0 Å². The molecular weight excluding hydrogens is 460 g/mol. The van der Waals surface area contributed by atoms with Crippen LogP contribution in [0.1, 0.15) is 24.0 Å². The zero-order chi connectivity index (χ0) is 24.4. The molecule has 7 nitrogen and oxygen atoms in total. The van der Waals surface area contributed by atoms with Gasteiger partial charge in [0.05, 0.1) is 24.2 Å². The molecule has 5 rings (SSSR count). The molecule has 8 heteroatoms. The summed E-state index contributed by atoms with van der Waals surface area (Å²) in [6.45, 7) is 3.72. The molecule has 1 N–H and O–H groups in total. The number of benzene rings is 2. The van der Waals surface area contributed by atoms with Crippen LogP contribution in [-0.4, -0.2) is 35.7 Å². The first-order chi connectivity index (χ1) is 17.0. The largest absolute Gasteiger partial charge is 0.497 e. The second-order valence-corrected chi connectivity index (χ2v) is 9.79. The van der Waals surface area contributed by atoms with Gasteiger partial charge in [0.15, 0.2) is 0 Å². The minimum absolute atomic E-state index is 0.0124. The Morgan fingerprint density at radius 2 is 2.03 bits per heavy atom. The van der Waals surface area contributed by atoms with Crippen molar-refractivity contribution < 1.29 is 9.53 Å². The average molecular weight is 489 g/mol. The molecule has 2 aromatic heterocycles. The summed E-state index contributed by atoms with van der Waals surface area (Å²) in [5, 5.41) is 4.97. The van der Waals surface area contributed by atoms with Crippen LogP contribution in [0.2, 0.25) is 0 Å². The Kier molecular flexibility index (Phi) is 6.55. The van der Waals surface area contributed by atoms with Crippen molar-refractivity contribution in [3.8, 4) is 11.4 Å². The zero-order valence-corrected chi connectivity index (χ0v) is 20.7. The molecule has 3 heterocycles. The summed E-state index contributed by atoms with van der Waals surface area (Å²) >= 11 is 1.41. The van der Waals surface area contributed by atoms with Crippen molar-refractivity contribution in [1.82, 2.24) is 14.9 Å². The van der Waals surface area contributed by atoms with Gasteiger partial charge in [-0.25, -0.2) is 9.55 Å². The van der Waals surface area contributed by atoms with Crippen LogP contribution in [0.3, 0.4) is 0 Å². The van der Waals surface area contributed by atoms with E-state index < -0.39 is 0 Å². The Bertz CT molecular complexity index is 1410. The van der Waals surface area contributed by atoms with Gasteiger partial charge in [0.25, 0.3) is 5.56 Å². The van der Waals surface area contributed by atoms with Crippen molar-refractivity contribution in [3.63, 3.8) is 0 Å². The normalized spacial score (nSPS) is 15.8. The number of amides is 1. The molecular formula is C27H28N4O3S. The maximum atomic E-state index is 13.5. The lowest BCUT2D eigenvalue weighted by atomic mass is 9.97. The van der Waals surface area contributed by atoms with E-state index in [-0.39, 0.29) is 17.4 Å². The van der Waals surface area contributed by atoms with Crippen molar-refractivity contribution in [2.45, 2.75) is 26.3 Å². The molecule has 1 aliphatic heterocycles. The molecule has 0 radical (unpaired) electrons. The predicted octanol–water partition coefficient (Wildman–Crippen LogP) is 4.30. The lowest BCUT2D eigenvalue weighted by Crippen LogP contribution is -2.45.